The SMILES string of the molecule is O=C(Nc1cccc(F)n1)C1CC2CCC1N2. The van der Waals surface area contributed by atoms with Crippen molar-refractivity contribution in [2.45, 2.75) is 31.3 Å². The molecule has 0 spiro atoms. The zero-order chi connectivity index (χ0) is 11.8. The van der Waals surface area contributed by atoms with Gasteiger partial charge in [0.1, 0.15) is 5.82 Å². The molecule has 0 radical (unpaired) electrons. The molecule has 1 aromatic heterocycles. The first-order chi connectivity index (χ1) is 8.22. The molecule has 2 saturated heterocycles. The molecule has 3 unspecified atom stereocenters. The fraction of sp³-hybridized carbons (Fsp3) is 0.500. The highest BCUT2D eigenvalue weighted by Crippen LogP contribution is 2.33. The first-order valence-electron chi connectivity index (χ1n) is 5.92. The number of aromatic nitrogens is 1. The number of nitrogens with one attached hydrogen (secondary N) is 2. The van der Waals surface area contributed by atoms with Gasteiger partial charge in [0, 0.05) is 12.1 Å². The van der Waals surface area contributed by atoms with Crippen LogP contribution >= 0.6 is 0 Å². The third kappa shape index (κ3) is 2.02. The Morgan fingerprint density at radius 1 is 1.47 bits per heavy atom. The van der Waals surface area contributed by atoms with Gasteiger partial charge in [-0.1, -0.05) is 6.07 Å². The van der Waals surface area contributed by atoms with Crippen molar-refractivity contribution in [2.24, 2.45) is 5.92 Å². The summed E-state index contributed by atoms with van der Waals surface area (Å²) >= 11 is 0. The van der Waals surface area contributed by atoms with Gasteiger partial charge >= 0.3 is 0 Å². The van der Waals surface area contributed by atoms with Crippen molar-refractivity contribution in [3.8, 4) is 0 Å². The van der Waals surface area contributed by atoms with E-state index in [2.05, 4.69) is 15.6 Å². The van der Waals surface area contributed by atoms with Crippen LogP contribution in [0.4, 0.5) is 10.2 Å². The quantitative estimate of drug-likeness (QED) is 0.760. The first kappa shape index (κ1) is 10.7. The van der Waals surface area contributed by atoms with E-state index in [0.29, 0.717) is 6.04 Å². The molecule has 2 aliphatic rings. The van der Waals surface area contributed by atoms with Gasteiger partial charge in [-0.05, 0) is 31.4 Å². The second kappa shape index (κ2) is 4.07. The molecule has 0 aromatic carbocycles. The summed E-state index contributed by atoms with van der Waals surface area (Å²) in [4.78, 5) is 15.6. The first-order valence-corrected chi connectivity index (χ1v) is 5.92. The van der Waals surface area contributed by atoms with Crippen molar-refractivity contribution in [3.05, 3.63) is 24.1 Å². The second-order valence-corrected chi connectivity index (χ2v) is 4.72. The standard InChI is InChI=1S/C12H14FN3O/c13-10-2-1-3-11(15-10)16-12(17)8-6-7-4-5-9(8)14-7/h1-3,7-9,14H,4-6H2,(H,15,16,17). The molecular formula is C12H14FN3O. The van der Waals surface area contributed by atoms with Crippen molar-refractivity contribution in [3.63, 3.8) is 0 Å². The number of amides is 1. The lowest BCUT2D eigenvalue weighted by Gasteiger charge is -2.18. The van der Waals surface area contributed by atoms with Crippen molar-refractivity contribution >= 4 is 11.7 Å². The molecule has 0 aliphatic carbocycles. The molecule has 2 aliphatic heterocycles. The minimum atomic E-state index is -0.575. The smallest absolute Gasteiger partial charge is 0.230 e. The number of nitrogens with zero attached hydrogens (tertiary/aromatic N) is 1. The maximum Gasteiger partial charge on any atom is 0.230 e. The third-order valence-electron chi connectivity index (χ3n) is 3.60. The lowest BCUT2D eigenvalue weighted by Crippen LogP contribution is -2.33. The van der Waals surface area contributed by atoms with Crippen molar-refractivity contribution in [1.29, 1.82) is 0 Å². The summed E-state index contributed by atoms with van der Waals surface area (Å²) in [5.74, 6) is -0.340. The van der Waals surface area contributed by atoms with Gasteiger partial charge in [0.15, 0.2) is 0 Å². The molecule has 3 heterocycles. The summed E-state index contributed by atoms with van der Waals surface area (Å²) in [6.07, 6.45) is 3.10. The van der Waals surface area contributed by atoms with Gasteiger partial charge in [0.05, 0.1) is 5.92 Å². The van der Waals surface area contributed by atoms with Crippen molar-refractivity contribution in [2.75, 3.05) is 5.32 Å². The van der Waals surface area contributed by atoms with Crippen molar-refractivity contribution < 1.29 is 9.18 Å². The largest absolute Gasteiger partial charge is 0.310 e. The second-order valence-electron chi connectivity index (χ2n) is 4.72. The maximum absolute atomic E-state index is 12.9. The van der Waals surface area contributed by atoms with Crippen LogP contribution in [0, 0.1) is 11.9 Å². The van der Waals surface area contributed by atoms with Crippen LogP contribution in [0.3, 0.4) is 0 Å². The molecule has 1 amide bonds. The third-order valence-corrected chi connectivity index (χ3v) is 3.60. The Kier molecular flexibility index (Phi) is 2.55. The molecular weight excluding hydrogens is 221 g/mol. The number of carbonyl (C=O) groups is 1. The summed E-state index contributed by atoms with van der Waals surface area (Å²) in [5.41, 5.74) is 0. The summed E-state index contributed by atoms with van der Waals surface area (Å²) in [5, 5.41) is 6.08. The summed E-state index contributed by atoms with van der Waals surface area (Å²) in [6.45, 7) is 0. The number of hydrogen-bond donors (Lipinski definition) is 2. The Balaban J connectivity index is 1.68. The number of fused-ring (bicyclic) bond motifs is 2. The van der Waals surface area contributed by atoms with Crippen LogP contribution in [-0.4, -0.2) is 23.0 Å². The van der Waals surface area contributed by atoms with E-state index < -0.39 is 5.95 Å². The van der Waals surface area contributed by atoms with Crippen LogP contribution < -0.4 is 10.6 Å². The highest BCUT2D eigenvalue weighted by atomic mass is 19.1. The Morgan fingerprint density at radius 2 is 2.35 bits per heavy atom. The Bertz CT molecular complexity index is 451. The van der Waals surface area contributed by atoms with E-state index in [-0.39, 0.29) is 23.7 Å². The van der Waals surface area contributed by atoms with Gasteiger partial charge in [-0.3, -0.25) is 4.79 Å². The molecule has 5 heteroatoms. The molecule has 17 heavy (non-hydrogen) atoms. The van der Waals surface area contributed by atoms with E-state index in [4.69, 9.17) is 0 Å². The number of rotatable bonds is 2. The van der Waals surface area contributed by atoms with Crippen LogP contribution in [0.1, 0.15) is 19.3 Å². The van der Waals surface area contributed by atoms with E-state index in [1.165, 1.54) is 12.1 Å². The fourth-order valence-electron chi connectivity index (χ4n) is 2.81. The van der Waals surface area contributed by atoms with E-state index in [1.807, 2.05) is 0 Å². The number of carbonyl (C=O) groups excluding carboxylic acids is 1. The number of pyridine rings is 1. The molecule has 2 fully saturated rings. The van der Waals surface area contributed by atoms with Crippen LogP contribution in [0.5, 0.6) is 0 Å². The van der Waals surface area contributed by atoms with Gasteiger partial charge < -0.3 is 10.6 Å². The molecule has 1 aromatic rings. The molecule has 2 N–H and O–H groups in total. The average Bonchev–Trinajstić information content (AvgIpc) is 2.90. The average molecular weight is 235 g/mol. The van der Waals surface area contributed by atoms with Crippen LogP contribution in [-0.2, 0) is 4.79 Å². The van der Waals surface area contributed by atoms with E-state index >= 15 is 0 Å². The van der Waals surface area contributed by atoms with Gasteiger partial charge in [0.25, 0.3) is 0 Å². The zero-order valence-electron chi connectivity index (χ0n) is 9.32. The van der Waals surface area contributed by atoms with E-state index in [9.17, 15) is 9.18 Å². The zero-order valence-corrected chi connectivity index (χ0v) is 9.32. The minimum absolute atomic E-state index is 0.00110. The Hall–Kier alpha value is -1.49. The molecule has 3 rings (SSSR count). The number of halogens is 1. The van der Waals surface area contributed by atoms with Crippen LogP contribution in [0.2, 0.25) is 0 Å². The van der Waals surface area contributed by atoms with Gasteiger partial charge in [-0.2, -0.15) is 4.39 Å². The molecule has 3 atom stereocenters. The highest BCUT2D eigenvalue weighted by Gasteiger charge is 2.42. The normalized spacial score (nSPS) is 30.5. The van der Waals surface area contributed by atoms with Crippen LogP contribution in [0.15, 0.2) is 18.2 Å². The highest BCUT2D eigenvalue weighted by molar-refractivity contribution is 5.92. The Labute approximate surface area is 98.6 Å². The Morgan fingerprint density at radius 3 is 3.00 bits per heavy atom. The summed E-state index contributed by atoms with van der Waals surface area (Å²) in [7, 11) is 0. The maximum atomic E-state index is 12.9. The molecule has 4 nitrogen and oxygen atoms in total. The van der Waals surface area contributed by atoms with Crippen LogP contribution in [0.25, 0.3) is 0 Å². The summed E-state index contributed by atoms with van der Waals surface area (Å²) in [6, 6.07) is 5.16. The lowest BCUT2D eigenvalue weighted by molar-refractivity contribution is -0.120. The monoisotopic (exact) mass is 235 g/mol. The predicted molar refractivity (Wildman–Crippen MR) is 60.9 cm³/mol. The van der Waals surface area contributed by atoms with E-state index in [0.717, 1.165) is 19.3 Å². The van der Waals surface area contributed by atoms with Gasteiger partial charge in [0.2, 0.25) is 11.9 Å². The summed E-state index contributed by atoms with van der Waals surface area (Å²) < 4.78 is 12.9. The molecule has 2 bridgehead atoms. The molecule has 90 valence electrons. The van der Waals surface area contributed by atoms with E-state index in [1.54, 1.807) is 6.07 Å². The minimum Gasteiger partial charge on any atom is -0.310 e. The van der Waals surface area contributed by atoms with Gasteiger partial charge in [-0.25, -0.2) is 4.98 Å². The lowest BCUT2D eigenvalue weighted by atomic mass is 9.88. The topological polar surface area (TPSA) is 54.0 Å². The van der Waals surface area contributed by atoms with Crippen molar-refractivity contribution in [1.82, 2.24) is 10.3 Å². The number of hydrogen-bond acceptors (Lipinski definition) is 3. The molecule has 0 saturated carbocycles. The predicted octanol–water partition coefficient (Wildman–Crippen LogP) is 1.30. The fourth-order valence-corrected chi connectivity index (χ4v) is 2.81. The number of anilines is 1. The van der Waals surface area contributed by atoms with Gasteiger partial charge in [-0.15, -0.1) is 0 Å².